The molecule has 1 fully saturated rings. The SMILES string of the molecule is Cc1ccccc1C1(CNC(=O)CNC(=O)[C@@H](N)C(C)C)CCOCC1.Cl. The molecule has 0 aromatic heterocycles. The van der Waals surface area contributed by atoms with Crippen LogP contribution in [0.3, 0.4) is 0 Å². The standard InChI is InChI=1S/C20H31N3O3.ClH/c1-14(2)18(21)19(25)22-12-17(24)23-13-20(8-10-26-11-9-20)16-7-5-4-6-15(16)3;/h4-7,14,18H,8-13,21H2,1-3H3,(H,22,25)(H,23,24);1H/t18-;/m0./s1. The first-order valence-electron chi connectivity index (χ1n) is 9.29. The van der Waals surface area contributed by atoms with Crippen LogP contribution in [0.25, 0.3) is 0 Å². The number of nitrogens with two attached hydrogens (primary N) is 1. The van der Waals surface area contributed by atoms with Crippen LogP contribution < -0.4 is 16.4 Å². The number of benzene rings is 1. The third-order valence-electron chi connectivity index (χ3n) is 5.23. The molecule has 152 valence electrons. The molecule has 0 aliphatic carbocycles. The van der Waals surface area contributed by atoms with E-state index in [1.807, 2.05) is 26.0 Å². The van der Waals surface area contributed by atoms with E-state index in [0.717, 1.165) is 12.8 Å². The highest BCUT2D eigenvalue weighted by molar-refractivity contribution is 5.87. The number of amides is 2. The maximum atomic E-state index is 12.2. The number of carbonyl (C=O) groups is 2. The van der Waals surface area contributed by atoms with Crippen molar-refractivity contribution in [2.45, 2.75) is 45.1 Å². The lowest BCUT2D eigenvalue weighted by Crippen LogP contribution is -2.50. The molecule has 1 aliphatic heterocycles. The summed E-state index contributed by atoms with van der Waals surface area (Å²) >= 11 is 0. The number of halogens is 1. The first-order chi connectivity index (χ1) is 12.4. The molecule has 1 heterocycles. The van der Waals surface area contributed by atoms with Crippen molar-refractivity contribution in [3.05, 3.63) is 35.4 Å². The van der Waals surface area contributed by atoms with E-state index in [9.17, 15) is 9.59 Å². The number of aryl methyl sites for hydroxylation is 1. The smallest absolute Gasteiger partial charge is 0.239 e. The molecule has 1 aromatic carbocycles. The Bertz CT molecular complexity index is 631. The summed E-state index contributed by atoms with van der Waals surface area (Å²) in [4.78, 5) is 24.1. The largest absolute Gasteiger partial charge is 0.381 e. The number of carbonyl (C=O) groups excluding carboxylic acids is 2. The molecule has 0 saturated carbocycles. The van der Waals surface area contributed by atoms with Crippen molar-refractivity contribution >= 4 is 24.2 Å². The lowest BCUT2D eigenvalue weighted by atomic mass is 9.72. The summed E-state index contributed by atoms with van der Waals surface area (Å²) in [5.41, 5.74) is 8.15. The quantitative estimate of drug-likeness (QED) is 0.652. The van der Waals surface area contributed by atoms with Crippen LogP contribution >= 0.6 is 12.4 Å². The number of nitrogens with one attached hydrogen (secondary N) is 2. The van der Waals surface area contributed by atoms with Gasteiger partial charge in [-0.3, -0.25) is 9.59 Å². The van der Waals surface area contributed by atoms with Gasteiger partial charge in [0.05, 0.1) is 12.6 Å². The highest BCUT2D eigenvalue weighted by atomic mass is 35.5. The monoisotopic (exact) mass is 397 g/mol. The van der Waals surface area contributed by atoms with E-state index in [2.05, 4.69) is 29.7 Å². The van der Waals surface area contributed by atoms with Gasteiger partial charge in [0.2, 0.25) is 11.8 Å². The molecule has 0 bridgehead atoms. The summed E-state index contributed by atoms with van der Waals surface area (Å²) < 4.78 is 5.54. The van der Waals surface area contributed by atoms with Crippen molar-refractivity contribution in [1.82, 2.24) is 10.6 Å². The molecule has 2 amide bonds. The van der Waals surface area contributed by atoms with Crippen molar-refractivity contribution < 1.29 is 14.3 Å². The van der Waals surface area contributed by atoms with Gasteiger partial charge in [0.25, 0.3) is 0 Å². The zero-order chi connectivity index (χ0) is 19.2. The molecule has 7 heteroatoms. The van der Waals surface area contributed by atoms with Crippen molar-refractivity contribution in [1.29, 1.82) is 0 Å². The Morgan fingerprint density at radius 2 is 1.81 bits per heavy atom. The minimum absolute atomic E-state index is 0. The second-order valence-electron chi connectivity index (χ2n) is 7.47. The third kappa shape index (κ3) is 6.19. The minimum Gasteiger partial charge on any atom is -0.381 e. The van der Waals surface area contributed by atoms with E-state index in [4.69, 9.17) is 10.5 Å². The summed E-state index contributed by atoms with van der Waals surface area (Å²) in [5, 5.41) is 5.61. The predicted molar refractivity (Wildman–Crippen MR) is 109 cm³/mol. The number of hydrogen-bond donors (Lipinski definition) is 3. The predicted octanol–water partition coefficient (Wildman–Crippen LogP) is 1.68. The van der Waals surface area contributed by atoms with Gasteiger partial charge in [-0.1, -0.05) is 38.1 Å². The normalized spacial score (nSPS) is 16.9. The van der Waals surface area contributed by atoms with Crippen LogP contribution in [-0.2, 0) is 19.7 Å². The molecule has 0 unspecified atom stereocenters. The van der Waals surface area contributed by atoms with Crippen LogP contribution in [0.4, 0.5) is 0 Å². The Morgan fingerprint density at radius 3 is 2.41 bits per heavy atom. The summed E-state index contributed by atoms with van der Waals surface area (Å²) in [5.74, 6) is -0.465. The Balaban J connectivity index is 0.00000364. The number of ether oxygens (including phenoxy) is 1. The molecule has 0 radical (unpaired) electrons. The molecule has 6 nitrogen and oxygen atoms in total. The van der Waals surface area contributed by atoms with Crippen molar-refractivity contribution in [3.8, 4) is 0 Å². The van der Waals surface area contributed by atoms with Gasteiger partial charge in [-0.15, -0.1) is 12.4 Å². The van der Waals surface area contributed by atoms with E-state index < -0.39 is 6.04 Å². The van der Waals surface area contributed by atoms with Crippen molar-refractivity contribution in [2.75, 3.05) is 26.3 Å². The van der Waals surface area contributed by atoms with Gasteiger partial charge in [0, 0.05) is 25.2 Å². The second-order valence-corrected chi connectivity index (χ2v) is 7.47. The Labute approximate surface area is 168 Å². The van der Waals surface area contributed by atoms with Gasteiger partial charge < -0.3 is 21.1 Å². The zero-order valence-electron chi connectivity index (χ0n) is 16.4. The average Bonchev–Trinajstić information content (AvgIpc) is 2.64. The molecule has 2 rings (SSSR count). The lowest BCUT2D eigenvalue weighted by molar-refractivity contribution is -0.127. The van der Waals surface area contributed by atoms with Gasteiger partial charge >= 0.3 is 0 Å². The average molecular weight is 398 g/mol. The maximum Gasteiger partial charge on any atom is 0.239 e. The molecule has 1 aromatic rings. The first kappa shape index (κ1) is 23.4. The molecule has 27 heavy (non-hydrogen) atoms. The van der Waals surface area contributed by atoms with Crippen LogP contribution in [0.15, 0.2) is 24.3 Å². The molecular formula is C20H32ClN3O3. The molecule has 0 spiro atoms. The fourth-order valence-corrected chi connectivity index (χ4v) is 3.39. The van der Waals surface area contributed by atoms with E-state index in [-0.39, 0.29) is 42.1 Å². The van der Waals surface area contributed by atoms with Crippen LogP contribution in [0.2, 0.25) is 0 Å². The third-order valence-corrected chi connectivity index (χ3v) is 5.23. The van der Waals surface area contributed by atoms with Crippen LogP contribution in [0, 0.1) is 12.8 Å². The topological polar surface area (TPSA) is 93.5 Å². The van der Waals surface area contributed by atoms with E-state index in [1.54, 1.807) is 0 Å². The molecule has 4 N–H and O–H groups in total. The summed E-state index contributed by atoms with van der Waals surface area (Å²) in [6.07, 6.45) is 1.73. The Morgan fingerprint density at radius 1 is 1.19 bits per heavy atom. The van der Waals surface area contributed by atoms with E-state index in [1.165, 1.54) is 11.1 Å². The zero-order valence-corrected chi connectivity index (χ0v) is 17.2. The molecule has 1 saturated heterocycles. The van der Waals surface area contributed by atoms with E-state index >= 15 is 0 Å². The Hall–Kier alpha value is -1.63. The van der Waals surface area contributed by atoms with Crippen LogP contribution in [-0.4, -0.2) is 44.2 Å². The van der Waals surface area contributed by atoms with Gasteiger partial charge in [0.1, 0.15) is 0 Å². The number of hydrogen-bond acceptors (Lipinski definition) is 4. The van der Waals surface area contributed by atoms with Gasteiger partial charge in [-0.05, 0) is 36.8 Å². The van der Waals surface area contributed by atoms with Crippen LogP contribution in [0.5, 0.6) is 0 Å². The van der Waals surface area contributed by atoms with E-state index in [0.29, 0.717) is 19.8 Å². The summed E-state index contributed by atoms with van der Waals surface area (Å²) in [6.45, 7) is 7.70. The summed E-state index contributed by atoms with van der Waals surface area (Å²) in [7, 11) is 0. The van der Waals surface area contributed by atoms with Gasteiger partial charge in [0.15, 0.2) is 0 Å². The summed E-state index contributed by atoms with van der Waals surface area (Å²) in [6, 6.07) is 7.70. The Kier molecular flexibility index (Phi) is 9.22. The molecular weight excluding hydrogens is 366 g/mol. The molecule has 1 atom stereocenters. The first-order valence-corrected chi connectivity index (χ1v) is 9.29. The highest BCUT2D eigenvalue weighted by Crippen LogP contribution is 2.36. The van der Waals surface area contributed by atoms with Crippen molar-refractivity contribution in [3.63, 3.8) is 0 Å². The van der Waals surface area contributed by atoms with Crippen molar-refractivity contribution in [2.24, 2.45) is 11.7 Å². The number of rotatable bonds is 7. The lowest BCUT2D eigenvalue weighted by Gasteiger charge is -2.39. The highest BCUT2D eigenvalue weighted by Gasteiger charge is 2.35. The fraction of sp³-hybridized carbons (Fsp3) is 0.600. The van der Waals surface area contributed by atoms with Gasteiger partial charge in [-0.2, -0.15) is 0 Å². The maximum absolute atomic E-state index is 12.2. The van der Waals surface area contributed by atoms with Gasteiger partial charge in [-0.25, -0.2) is 0 Å². The fourth-order valence-electron chi connectivity index (χ4n) is 3.39. The molecule has 1 aliphatic rings. The van der Waals surface area contributed by atoms with Crippen LogP contribution in [0.1, 0.15) is 37.8 Å². The minimum atomic E-state index is -0.600. The second kappa shape index (κ2) is 10.6.